The number of halogens is 2. The molecular formula is C7H8F2N2O2. The lowest BCUT2D eigenvalue weighted by molar-refractivity contribution is -0.137. The van der Waals surface area contributed by atoms with Crippen molar-refractivity contribution in [1.29, 1.82) is 0 Å². The van der Waals surface area contributed by atoms with E-state index in [9.17, 15) is 13.6 Å². The quantitative estimate of drug-likeness (QED) is 0.778. The Bertz CT molecular complexity index is 298. The van der Waals surface area contributed by atoms with Gasteiger partial charge in [0.25, 0.3) is 6.43 Å². The lowest BCUT2D eigenvalue weighted by atomic mass is 10.4. The number of carbonyl (C=O) groups is 1. The van der Waals surface area contributed by atoms with Gasteiger partial charge in [0.05, 0.1) is 13.0 Å². The van der Waals surface area contributed by atoms with Crippen LogP contribution in [0.2, 0.25) is 0 Å². The van der Waals surface area contributed by atoms with Crippen molar-refractivity contribution in [2.75, 3.05) is 0 Å². The Morgan fingerprint density at radius 1 is 1.69 bits per heavy atom. The molecule has 0 radical (unpaired) electrons. The van der Waals surface area contributed by atoms with Crippen molar-refractivity contribution in [2.45, 2.75) is 19.4 Å². The van der Waals surface area contributed by atoms with Crippen molar-refractivity contribution in [3.05, 3.63) is 18.0 Å². The fourth-order valence-corrected chi connectivity index (χ4v) is 0.917. The molecule has 0 aromatic carbocycles. The lowest BCUT2D eigenvalue weighted by Gasteiger charge is -2.03. The van der Waals surface area contributed by atoms with Crippen LogP contribution in [0.3, 0.4) is 0 Å². The number of carboxylic acid groups (broad SMARTS) is 1. The molecule has 72 valence electrons. The number of hydrogen-bond acceptors (Lipinski definition) is 2. The molecule has 4 nitrogen and oxygen atoms in total. The van der Waals surface area contributed by atoms with Gasteiger partial charge in [-0.25, -0.2) is 8.78 Å². The molecule has 6 heteroatoms. The molecule has 1 aromatic heterocycles. The van der Waals surface area contributed by atoms with Crippen LogP contribution in [0, 0.1) is 0 Å². The van der Waals surface area contributed by atoms with Crippen LogP contribution in [0.15, 0.2) is 12.3 Å². The summed E-state index contributed by atoms with van der Waals surface area (Å²) in [6, 6.07) is 1.17. The highest BCUT2D eigenvalue weighted by atomic mass is 19.3. The first kappa shape index (κ1) is 9.63. The molecule has 1 rings (SSSR count). The first-order chi connectivity index (χ1) is 6.11. The third-order valence-electron chi connectivity index (χ3n) is 1.51. The van der Waals surface area contributed by atoms with Gasteiger partial charge >= 0.3 is 5.97 Å². The van der Waals surface area contributed by atoms with Crippen LogP contribution in [0.25, 0.3) is 0 Å². The standard InChI is InChI=1S/C7H8F2N2O2/c8-7(9)5-1-3-10-11(5)4-2-6(12)13/h1,3,7H,2,4H2,(H,12,13). The van der Waals surface area contributed by atoms with Crippen LogP contribution in [0.4, 0.5) is 8.78 Å². The van der Waals surface area contributed by atoms with Gasteiger partial charge < -0.3 is 5.11 Å². The smallest absolute Gasteiger partial charge is 0.305 e. The number of rotatable bonds is 4. The maximum absolute atomic E-state index is 12.2. The topological polar surface area (TPSA) is 55.1 Å². The molecule has 0 aliphatic heterocycles. The molecule has 0 fully saturated rings. The van der Waals surface area contributed by atoms with Gasteiger partial charge in [0, 0.05) is 6.20 Å². The Morgan fingerprint density at radius 2 is 2.38 bits per heavy atom. The molecule has 0 spiro atoms. The van der Waals surface area contributed by atoms with Gasteiger partial charge in [-0.1, -0.05) is 0 Å². The molecule has 1 aromatic rings. The summed E-state index contributed by atoms with van der Waals surface area (Å²) in [5, 5.41) is 11.9. The minimum absolute atomic E-state index is 0.0258. The predicted molar refractivity (Wildman–Crippen MR) is 39.4 cm³/mol. The van der Waals surface area contributed by atoms with Crippen molar-refractivity contribution in [3.63, 3.8) is 0 Å². The average molecular weight is 190 g/mol. The van der Waals surface area contributed by atoms with E-state index in [4.69, 9.17) is 5.11 Å². The minimum atomic E-state index is -2.61. The Morgan fingerprint density at radius 3 is 2.92 bits per heavy atom. The number of alkyl halides is 2. The van der Waals surface area contributed by atoms with Crippen LogP contribution >= 0.6 is 0 Å². The summed E-state index contributed by atoms with van der Waals surface area (Å²) in [6.45, 7) is -0.0258. The number of nitrogens with zero attached hydrogens (tertiary/aromatic N) is 2. The number of hydrogen-bond donors (Lipinski definition) is 1. The van der Waals surface area contributed by atoms with Crippen molar-refractivity contribution >= 4 is 5.97 Å². The predicted octanol–water partition coefficient (Wildman–Crippen LogP) is 1.30. The Kier molecular flexibility index (Phi) is 2.94. The highest BCUT2D eigenvalue weighted by Gasteiger charge is 2.13. The second-order valence-electron chi connectivity index (χ2n) is 2.42. The molecule has 0 aliphatic rings. The Labute approximate surface area is 72.8 Å². The minimum Gasteiger partial charge on any atom is -0.481 e. The van der Waals surface area contributed by atoms with E-state index in [0.29, 0.717) is 0 Å². The summed E-state index contributed by atoms with van der Waals surface area (Å²) in [6.07, 6.45) is -1.60. The number of aryl methyl sites for hydroxylation is 1. The Balaban J connectivity index is 2.65. The average Bonchev–Trinajstić information content (AvgIpc) is 2.47. The van der Waals surface area contributed by atoms with Crippen molar-refractivity contribution < 1.29 is 18.7 Å². The summed E-state index contributed by atoms with van der Waals surface area (Å²) in [5.41, 5.74) is -0.249. The monoisotopic (exact) mass is 190 g/mol. The van der Waals surface area contributed by atoms with E-state index in [1.54, 1.807) is 0 Å². The van der Waals surface area contributed by atoms with Crippen LogP contribution in [0.5, 0.6) is 0 Å². The van der Waals surface area contributed by atoms with E-state index >= 15 is 0 Å². The molecule has 0 saturated carbocycles. The molecule has 0 aliphatic carbocycles. The van der Waals surface area contributed by atoms with Gasteiger partial charge in [-0.05, 0) is 6.07 Å². The zero-order chi connectivity index (χ0) is 9.84. The van der Waals surface area contributed by atoms with E-state index < -0.39 is 12.4 Å². The summed E-state index contributed by atoms with van der Waals surface area (Å²) >= 11 is 0. The summed E-state index contributed by atoms with van der Waals surface area (Å²) in [5.74, 6) is -1.03. The zero-order valence-electron chi connectivity index (χ0n) is 6.65. The number of aromatic nitrogens is 2. The van der Waals surface area contributed by atoms with E-state index in [1.165, 1.54) is 12.3 Å². The fourth-order valence-electron chi connectivity index (χ4n) is 0.917. The first-order valence-corrected chi connectivity index (χ1v) is 3.63. The van der Waals surface area contributed by atoms with Crippen LogP contribution in [0.1, 0.15) is 18.5 Å². The maximum Gasteiger partial charge on any atom is 0.305 e. The lowest BCUT2D eigenvalue weighted by Crippen LogP contribution is -2.09. The molecule has 0 bridgehead atoms. The van der Waals surface area contributed by atoms with Crippen LogP contribution < -0.4 is 0 Å². The number of aliphatic carboxylic acids is 1. The van der Waals surface area contributed by atoms with Gasteiger partial charge in [0.15, 0.2) is 0 Å². The maximum atomic E-state index is 12.2. The van der Waals surface area contributed by atoms with E-state index in [2.05, 4.69) is 5.10 Å². The molecule has 0 atom stereocenters. The van der Waals surface area contributed by atoms with Gasteiger partial charge in [-0.3, -0.25) is 9.48 Å². The molecule has 0 saturated heterocycles. The third-order valence-corrected chi connectivity index (χ3v) is 1.51. The summed E-state index contributed by atoms with van der Waals surface area (Å²) in [4.78, 5) is 10.1. The van der Waals surface area contributed by atoms with Crippen molar-refractivity contribution in [1.82, 2.24) is 9.78 Å². The molecular weight excluding hydrogens is 182 g/mol. The second kappa shape index (κ2) is 3.97. The van der Waals surface area contributed by atoms with Gasteiger partial charge in [0.1, 0.15) is 5.69 Å². The zero-order valence-corrected chi connectivity index (χ0v) is 6.65. The summed E-state index contributed by atoms with van der Waals surface area (Å²) < 4.78 is 25.4. The van der Waals surface area contributed by atoms with Gasteiger partial charge in [-0.2, -0.15) is 5.10 Å². The second-order valence-corrected chi connectivity index (χ2v) is 2.42. The van der Waals surface area contributed by atoms with Gasteiger partial charge in [-0.15, -0.1) is 0 Å². The normalized spacial score (nSPS) is 10.7. The van der Waals surface area contributed by atoms with Gasteiger partial charge in [0.2, 0.25) is 0 Å². The number of carboxylic acids is 1. The van der Waals surface area contributed by atoms with Crippen LogP contribution in [-0.4, -0.2) is 20.9 Å². The first-order valence-electron chi connectivity index (χ1n) is 3.63. The molecule has 0 amide bonds. The van der Waals surface area contributed by atoms with Crippen LogP contribution in [-0.2, 0) is 11.3 Å². The fraction of sp³-hybridized carbons (Fsp3) is 0.429. The highest BCUT2D eigenvalue weighted by molar-refractivity contribution is 5.66. The van der Waals surface area contributed by atoms with E-state index in [0.717, 1.165) is 4.68 Å². The molecule has 1 heterocycles. The van der Waals surface area contributed by atoms with E-state index in [1.807, 2.05) is 0 Å². The SMILES string of the molecule is O=C(O)CCn1nccc1C(F)F. The Hall–Kier alpha value is -1.46. The van der Waals surface area contributed by atoms with E-state index in [-0.39, 0.29) is 18.7 Å². The van der Waals surface area contributed by atoms with Crippen molar-refractivity contribution in [2.24, 2.45) is 0 Å². The largest absolute Gasteiger partial charge is 0.481 e. The highest BCUT2D eigenvalue weighted by Crippen LogP contribution is 2.17. The molecule has 0 unspecified atom stereocenters. The third kappa shape index (κ3) is 2.50. The molecule has 13 heavy (non-hydrogen) atoms. The molecule has 1 N–H and O–H groups in total. The summed E-state index contributed by atoms with van der Waals surface area (Å²) in [7, 11) is 0. The van der Waals surface area contributed by atoms with Crippen molar-refractivity contribution in [3.8, 4) is 0 Å².